The van der Waals surface area contributed by atoms with Crippen LogP contribution in [-0.2, 0) is 11.3 Å². The minimum atomic E-state index is -0.0176. The second kappa shape index (κ2) is 6.73. The first-order valence-corrected chi connectivity index (χ1v) is 7.48. The third-order valence-corrected chi connectivity index (χ3v) is 4.07. The summed E-state index contributed by atoms with van der Waals surface area (Å²) in [6.07, 6.45) is 3.44. The first-order valence-electron chi connectivity index (χ1n) is 6.28. The summed E-state index contributed by atoms with van der Waals surface area (Å²) in [5.74, 6) is -0.0176. The van der Waals surface area contributed by atoms with Crippen LogP contribution >= 0.6 is 22.9 Å². The van der Waals surface area contributed by atoms with Crippen molar-refractivity contribution in [2.24, 2.45) is 0 Å². The zero-order valence-electron chi connectivity index (χ0n) is 11.5. The van der Waals surface area contributed by atoms with Crippen LogP contribution in [0.15, 0.2) is 42.5 Å². The fourth-order valence-electron chi connectivity index (χ4n) is 1.82. The van der Waals surface area contributed by atoms with Crippen molar-refractivity contribution < 1.29 is 4.79 Å². The minimum Gasteiger partial charge on any atom is -0.337 e. The molecule has 2 aromatic rings. The number of carbonyl (C=O) groups excluding carboxylic acids is 1. The van der Waals surface area contributed by atoms with Gasteiger partial charge in [0.05, 0.1) is 10.9 Å². The molecule has 1 heterocycles. The molecular weight excluding hydrogens is 290 g/mol. The Hall–Kier alpha value is -1.58. The highest BCUT2D eigenvalue weighted by Crippen LogP contribution is 2.22. The second-order valence-electron chi connectivity index (χ2n) is 4.65. The molecule has 0 atom stereocenters. The van der Waals surface area contributed by atoms with Crippen molar-refractivity contribution in [3.05, 3.63) is 62.8 Å². The van der Waals surface area contributed by atoms with Gasteiger partial charge in [0.15, 0.2) is 0 Å². The Morgan fingerprint density at radius 3 is 2.80 bits per heavy atom. The summed E-state index contributed by atoms with van der Waals surface area (Å²) in [4.78, 5) is 14.8. The van der Waals surface area contributed by atoms with Gasteiger partial charge in [-0.05, 0) is 30.7 Å². The minimum absolute atomic E-state index is 0.0176. The van der Waals surface area contributed by atoms with Crippen LogP contribution < -0.4 is 0 Å². The highest BCUT2D eigenvalue weighted by atomic mass is 35.5. The van der Waals surface area contributed by atoms with E-state index in [1.54, 1.807) is 18.0 Å². The molecule has 0 aliphatic heterocycles. The van der Waals surface area contributed by atoms with E-state index >= 15 is 0 Å². The monoisotopic (exact) mass is 305 g/mol. The molecule has 4 heteroatoms. The maximum absolute atomic E-state index is 12.0. The molecule has 0 aliphatic rings. The van der Waals surface area contributed by atoms with Crippen molar-refractivity contribution in [1.29, 1.82) is 0 Å². The highest BCUT2D eigenvalue weighted by Gasteiger charge is 2.07. The third-order valence-electron chi connectivity index (χ3n) is 2.86. The summed E-state index contributed by atoms with van der Waals surface area (Å²) < 4.78 is 0.746. The first kappa shape index (κ1) is 14.8. The van der Waals surface area contributed by atoms with Crippen molar-refractivity contribution in [3.8, 4) is 0 Å². The van der Waals surface area contributed by atoms with E-state index in [4.69, 9.17) is 11.6 Å². The number of nitrogens with zero attached hydrogens (tertiary/aromatic N) is 1. The van der Waals surface area contributed by atoms with Gasteiger partial charge in [0.2, 0.25) is 5.91 Å². The molecule has 2 rings (SSSR count). The van der Waals surface area contributed by atoms with Crippen LogP contribution in [0.4, 0.5) is 0 Å². The molecule has 0 spiro atoms. The van der Waals surface area contributed by atoms with Crippen molar-refractivity contribution in [1.82, 2.24) is 4.90 Å². The Bertz CT molecular complexity index is 633. The van der Waals surface area contributed by atoms with Gasteiger partial charge in [-0.15, -0.1) is 11.3 Å². The van der Waals surface area contributed by atoms with E-state index in [-0.39, 0.29) is 5.91 Å². The van der Waals surface area contributed by atoms with Gasteiger partial charge in [0.25, 0.3) is 0 Å². The van der Waals surface area contributed by atoms with Crippen molar-refractivity contribution in [3.63, 3.8) is 0 Å². The predicted octanol–water partition coefficient (Wildman–Crippen LogP) is 4.38. The van der Waals surface area contributed by atoms with Crippen molar-refractivity contribution in [2.75, 3.05) is 7.05 Å². The van der Waals surface area contributed by atoms with Gasteiger partial charge in [0, 0.05) is 18.0 Å². The van der Waals surface area contributed by atoms with Crippen molar-refractivity contribution in [2.45, 2.75) is 13.5 Å². The molecule has 1 aromatic carbocycles. The lowest BCUT2D eigenvalue weighted by atomic mass is 10.1. The summed E-state index contributed by atoms with van der Waals surface area (Å²) in [6.45, 7) is 2.61. The van der Waals surface area contributed by atoms with Crippen LogP contribution in [0.3, 0.4) is 0 Å². The molecule has 2 nitrogen and oxygen atoms in total. The molecule has 0 saturated heterocycles. The van der Waals surface area contributed by atoms with E-state index in [0.717, 1.165) is 14.8 Å². The van der Waals surface area contributed by atoms with Gasteiger partial charge < -0.3 is 4.90 Å². The molecule has 0 aliphatic carbocycles. The normalized spacial score (nSPS) is 10.9. The first-order chi connectivity index (χ1) is 9.54. The Balaban J connectivity index is 1.97. The van der Waals surface area contributed by atoms with Crippen LogP contribution in [0, 0.1) is 6.92 Å². The summed E-state index contributed by atoms with van der Waals surface area (Å²) in [7, 11) is 1.79. The molecule has 1 amide bonds. The largest absolute Gasteiger partial charge is 0.337 e. The molecule has 1 aromatic heterocycles. The molecule has 0 radical (unpaired) electrons. The number of rotatable bonds is 4. The van der Waals surface area contributed by atoms with Crippen LogP contribution in [0.25, 0.3) is 6.08 Å². The average molecular weight is 306 g/mol. The zero-order chi connectivity index (χ0) is 14.5. The maximum Gasteiger partial charge on any atom is 0.246 e. The standard InChI is InChI=1S/C16H16ClNOS/c1-12-4-3-5-13(10-12)6-9-16(19)18(2)11-14-7-8-15(17)20-14/h3-10H,11H2,1-2H3/b9-6+. The Kier molecular flexibility index (Phi) is 4.99. The summed E-state index contributed by atoms with van der Waals surface area (Å²) >= 11 is 7.38. The lowest BCUT2D eigenvalue weighted by Crippen LogP contribution is -2.23. The zero-order valence-corrected chi connectivity index (χ0v) is 13.0. The molecule has 0 bridgehead atoms. The lowest BCUT2D eigenvalue weighted by molar-refractivity contribution is -0.125. The maximum atomic E-state index is 12.0. The van der Waals surface area contributed by atoms with Gasteiger partial charge in [-0.1, -0.05) is 41.4 Å². The van der Waals surface area contributed by atoms with Gasteiger partial charge in [-0.2, -0.15) is 0 Å². The summed E-state index contributed by atoms with van der Waals surface area (Å²) in [6, 6.07) is 11.8. The van der Waals surface area contributed by atoms with E-state index in [1.165, 1.54) is 16.9 Å². The van der Waals surface area contributed by atoms with Gasteiger partial charge in [-0.3, -0.25) is 4.79 Å². The Labute approximate surface area is 128 Å². The van der Waals surface area contributed by atoms with E-state index in [9.17, 15) is 4.79 Å². The third kappa shape index (κ3) is 4.22. The smallest absolute Gasteiger partial charge is 0.246 e. The highest BCUT2D eigenvalue weighted by molar-refractivity contribution is 7.16. The average Bonchev–Trinajstić information content (AvgIpc) is 2.81. The molecule has 20 heavy (non-hydrogen) atoms. The van der Waals surface area contributed by atoms with Crippen LogP contribution in [0.5, 0.6) is 0 Å². The molecule has 0 fully saturated rings. The second-order valence-corrected chi connectivity index (χ2v) is 6.45. The number of thiophene rings is 1. The number of hydrogen-bond donors (Lipinski definition) is 0. The Morgan fingerprint density at radius 1 is 1.35 bits per heavy atom. The topological polar surface area (TPSA) is 20.3 Å². The van der Waals surface area contributed by atoms with Crippen molar-refractivity contribution >= 4 is 34.9 Å². The molecular formula is C16H16ClNOS. The molecule has 104 valence electrons. The lowest BCUT2D eigenvalue weighted by Gasteiger charge is -2.13. The summed E-state index contributed by atoms with van der Waals surface area (Å²) in [5, 5.41) is 0. The molecule has 0 unspecified atom stereocenters. The number of likely N-dealkylation sites (N-methyl/N-ethyl adjacent to an activating group) is 1. The predicted molar refractivity (Wildman–Crippen MR) is 86.0 cm³/mol. The SMILES string of the molecule is Cc1cccc(/C=C/C(=O)N(C)Cc2ccc(Cl)s2)c1. The number of benzene rings is 1. The number of halogens is 1. The molecule has 0 N–H and O–H groups in total. The number of amides is 1. The van der Waals surface area contributed by atoms with Crippen LogP contribution in [0.2, 0.25) is 4.34 Å². The fraction of sp³-hybridized carbons (Fsp3) is 0.188. The van der Waals surface area contributed by atoms with Crippen LogP contribution in [-0.4, -0.2) is 17.9 Å². The van der Waals surface area contributed by atoms with Gasteiger partial charge in [0.1, 0.15) is 0 Å². The van der Waals surface area contributed by atoms with E-state index in [2.05, 4.69) is 0 Å². The van der Waals surface area contributed by atoms with E-state index in [1.807, 2.05) is 49.4 Å². The number of carbonyl (C=O) groups is 1. The summed E-state index contributed by atoms with van der Waals surface area (Å²) in [5.41, 5.74) is 2.21. The quantitative estimate of drug-likeness (QED) is 0.768. The molecule has 0 saturated carbocycles. The Morgan fingerprint density at radius 2 is 2.15 bits per heavy atom. The van der Waals surface area contributed by atoms with E-state index < -0.39 is 0 Å². The van der Waals surface area contributed by atoms with Gasteiger partial charge in [-0.25, -0.2) is 0 Å². The fourth-order valence-corrected chi connectivity index (χ4v) is 2.96. The number of hydrogen-bond acceptors (Lipinski definition) is 2. The van der Waals surface area contributed by atoms with Crippen LogP contribution in [0.1, 0.15) is 16.0 Å². The number of aryl methyl sites for hydroxylation is 1. The van der Waals surface area contributed by atoms with E-state index in [0.29, 0.717) is 6.54 Å². The van der Waals surface area contributed by atoms with Gasteiger partial charge >= 0.3 is 0 Å².